The monoisotopic (exact) mass is 360 g/mol. The van der Waals surface area contributed by atoms with Gasteiger partial charge in [0.2, 0.25) is 5.89 Å². The maximum atomic E-state index is 5.52. The van der Waals surface area contributed by atoms with E-state index in [1.54, 1.807) is 36.0 Å². The molecule has 1 unspecified atom stereocenters. The van der Waals surface area contributed by atoms with Crippen LogP contribution in [0.25, 0.3) is 10.8 Å². The van der Waals surface area contributed by atoms with Crippen LogP contribution in [0.3, 0.4) is 0 Å². The van der Waals surface area contributed by atoms with Crippen LogP contribution < -0.4 is 10.6 Å². The Hall–Kier alpha value is -2.12. The molecule has 3 aromatic heterocycles. The van der Waals surface area contributed by atoms with Crippen LogP contribution in [0, 0.1) is 0 Å². The summed E-state index contributed by atoms with van der Waals surface area (Å²) in [6.07, 6.45) is 1.68. The van der Waals surface area contributed by atoms with E-state index in [1.165, 1.54) is 4.88 Å². The Balaban J connectivity index is 1.49. The van der Waals surface area contributed by atoms with Crippen molar-refractivity contribution >= 4 is 28.6 Å². The molecule has 0 aliphatic carbocycles. The molecule has 0 aliphatic rings. The van der Waals surface area contributed by atoms with E-state index in [0.29, 0.717) is 18.4 Å². The zero-order valence-corrected chi connectivity index (χ0v) is 15.3. The van der Waals surface area contributed by atoms with Gasteiger partial charge in [-0.25, -0.2) is 4.98 Å². The van der Waals surface area contributed by atoms with Crippen LogP contribution in [0.4, 0.5) is 0 Å². The topological polar surface area (TPSA) is 62.5 Å². The number of aromatic nitrogens is 1. The highest BCUT2D eigenvalue weighted by Gasteiger charge is 2.10. The molecule has 0 saturated heterocycles. The van der Waals surface area contributed by atoms with Crippen molar-refractivity contribution in [1.29, 1.82) is 0 Å². The molecular formula is C17H20N4OS2. The summed E-state index contributed by atoms with van der Waals surface area (Å²) in [7, 11) is 1.77. The van der Waals surface area contributed by atoms with Gasteiger partial charge in [-0.15, -0.1) is 22.7 Å². The van der Waals surface area contributed by atoms with Gasteiger partial charge < -0.3 is 15.1 Å². The van der Waals surface area contributed by atoms with Crippen molar-refractivity contribution in [1.82, 2.24) is 15.6 Å². The second-order valence-electron chi connectivity index (χ2n) is 5.34. The van der Waals surface area contributed by atoms with Gasteiger partial charge in [0.05, 0.1) is 17.1 Å². The van der Waals surface area contributed by atoms with Crippen molar-refractivity contribution in [2.75, 3.05) is 13.6 Å². The molecule has 0 aromatic carbocycles. The summed E-state index contributed by atoms with van der Waals surface area (Å²) in [5.74, 6) is 1.87. The number of nitrogens with zero attached hydrogens (tertiary/aromatic N) is 2. The van der Waals surface area contributed by atoms with Crippen molar-refractivity contribution in [2.24, 2.45) is 4.99 Å². The minimum Gasteiger partial charge on any atom is -0.443 e. The molecule has 0 fully saturated rings. The normalized spacial score (nSPS) is 13.0. The summed E-state index contributed by atoms with van der Waals surface area (Å²) >= 11 is 3.40. The highest BCUT2D eigenvalue weighted by atomic mass is 32.1. The van der Waals surface area contributed by atoms with Crippen LogP contribution in [0.1, 0.15) is 23.4 Å². The molecule has 0 aliphatic heterocycles. The molecule has 0 bridgehead atoms. The quantitative estimate of drug-likeness (QED) is 0.516. The maximum Gasteiger partial charge on any atom is 0.236 e. The molecule has 0 radical (unpaired) electrons. The van der Waals surface area contributed by atoms with Gasteiger partial charge in [0, 0.05) is 24.4 Å². The molecule has 2 N–H and O–H groups in total. The molecule has 5 nitrogen and oxygen atoms in total. The van der Waals surface area contributed by atoms with Gasteiger partial charge in [-0.05, 0) is 22.9 Å². The van der Waals surface area contributed by atoms with E-state index >= 15 is 0 Å². The summed E-state index contributed by atoms with van der Waals surface area (Å²) in [6, 6.07) is 8.23. The van der Waals surface area contributed by atoms with Crippen LogP contribution >= 0.6 is 22.7 Å². The van der Waals surface area contributed by atoms with Crippen LogP contribution in [-0.2, 0) is 6.54 Å². The molecule has 7 heteroatoms. The first kappa shape index (κ1) is 16.7. The van der Waals surface area contributed by atoms with E-state index in [9.17, 15) is 0 Å². The number of oxazole rings is 1. The van der Waals surface area contributed by atoms with Crippen LogP contribution in [0.2, 0.25) is 0 Å². The SMILES string of the molecule is CN=C(NCc1coc(-c2cccs2)n1)NCC(C)c1cccs1. The third-order valence-corrected chi connectivity index (χ3v) is 5.51. The standard InChI is InChI=1S/C17H20N4OS2/c1-12(14-5-3-7-23-14)9-19-17(18-2)20-10-13-11-22-16(21-13)15-6-4-8-24-15/h3-8,11-12H,9-10H2,1-2H3,(H2,18,19,20). The van der Waals surface area contributed by atoms with Gasteiger partial charge in [0.25, 0.3) is 0 Å². The fourth-order valence-electron chi connectivity index (χ4n) is 2.22. The van der Waals surface area contributed by atoms with E-state index in [4.69, 9.17) is 4.42 Å². The van der Waals surface area contributed by atoms with E-state index < -0.39 is 0 Å². The number of thiophene rings is 2. The smallest absolute Gasteiger partial charge is 0.236 e. The minimum atomic E-state index is 0.445. The second-order valence-corrected chi connectivity index (χ2v) is 7.27. The van der Waals surface area contributed by atoms with Crippen molar-refractivity contribution in [2.45, 2.75) is 19.4 Å². The highest BCUT2D eigenvalue weighted by Crippen LogP contribution is 2.23. The Morgan fingerprint density at radius 1 is 1.25 bits per heavy atom. The summed E-state index contributed by atoms with van der Waals surface area (Å²) < 4.78 is 5.52. The average Bonchev–Trinajstić information content (AvgIpc) is 3.35. The average molecular weight is 361 g/mol. The Morgan fingerprint density at radius 3 is 2.79 bits per heavy atom. The third-order valence-electron chi connectivity index (χ3n) is 3.55. The lowest BCUT2D eigenvalue weighted by atomic mass is 10.1. The first-order valence-electron chi connectivity index (χ1n) is 7.72. The zero-order chi connectivity index (χ0) is 16.8. The van der Waals surface area contributed by atoms with Crippen LogP contribution in [0.15, 0.2) is 50.7 Å². The molecule has 3 aromatic rings. The lowest BCUT2D eigenvalue weighted by Gasteiger charge is -2.14. The van der Waals surface area contributed by atoms with Gasteiger partial charge >= 0.3 is 0 Å². The summed E-state index contributed by atoms with van der Waals surface area (Å²) in [5.41, 5.74) is 0.854. The summed E-state index contributed by atoms with van der Waals surface area (Å²) in [5, 5.41) is 10.7. The Morgan fingerprint density at radius 2 is 2.08 bits per heavy atom. The maximum absolute atomic E-state index is 5.52. The molecule has 126 valence electrons. The van der Waals surface area contributed by atoms with Gasteiger partial charge in [-0.1, -0.05) is 19.1 Å². The fraction of sp³-hybridized carbons (Fsp3) is 0.294. The molecule has 3 heterocycles. The molecule has 24 heavy (non-hydrogen) atoms. The number of aliphatic imine (C=N–C) groups is 1. The van der Waals surface area contributed by atoms with Gasteiger partial charge in [0.15, 0.2) is 5.96 Å². The summed E-state index contributed by atoms with van der Waals surface area (Å²) in [6.45, 7) is 3.61. The number of hydrogen-bond donors (Lipinski definition) is 2. The van der Waals surface area contributed by atoms with Gasteiger partial charge in [-0.3, -0.25) is 4.99 Å². The largest absolute Gasteiger partial charge is 0.443 e. The minimum absolute atomic E-state index is 0.445. The fourth-order valence-corrected chi connectivity index (χ4v) is 3.66. The predicted octanol–water partition coefficient (Wildman–Crippen LogP) is 3.93. The molecule has 0 spiro atoms. The van der Waals surface area contributed by atoms with Gasteiger partial charge in [-0.2, -0.15) is 0 Å². The third kappa shape index (κ3) is 4.24. The van der Waals surface area contributed by atoms with E-state index in [-0.39, 0.29) is 0 Å². The molecule has 1 atom stereocenters. The number of nitrogens with one attached hydrogen (secondary N) is 2. The number of guanidine groups is 1. The first-order chi connectivity index (χ1) is 11.8. The molecule has 0 amide bonds. The molecular weight excluding hydrogens is 340 g/mol. The second kappa shape index (κ2) is 8.12. The summed E-state index contributed by atoms with van der Waals surface area (Å²) in [4.78, 5) is 11.2. The van der Waals surface area contributed by atoms with Crippen molar-refractivity contribution in [3.63, 3.8) is 0 Å². The Labute approximate surface area is 149 Å². The van der Waals surface area contributed by atoms with Crippen molar-refractivity contribution < 1.29 is 4.42 Å². The molecule has 3 rings (SSSR count). The van der Waals surface area contributed by atoms with Crippen molar-refractivity contribution in [3.8, 4) is 10.8 Å². The highest BCUT2D eigenvalue weighted by molar-refractivity contribution is 7.13. The number of rotatable bonds is 6. The van der Waals surface area contributed by atoms with Crippen LogP contribution in [0.5, 0.6) is 0 Å². The number of hydrogen-bond acceptors (Lipinski definition) is 5. The van der Waals surface area contributed by atoms with Crippen LogP contribution in [-0.4, -0.2) is 24.5 Å². The van der Waals surface area contributed by atoms with Gasteiger partial charge in [0.1, 0.15) is 6.26 Å². The van der Waals surface area contributed by atoms with E-state index in [0.717, 1.165) is 23.1 Å². The molecule has 0 saturated carbocycles. The Kier molecular flexibility index (Phi) is 5.66. The lowest BCUT2D eigenvalue weighted by Crippen LogP contribution is -2.38. The Bertz CT molecular complexity index is 762. The van der Waals surface area contributed by atoms with Crippen molar-refractivity contribution in [3.05, 3.63) is 51.9 Å². The predicted molar refractivity (Wildman–Crippen MR) is 101 cm³/mol. The zero-order valence-electron chi connectivity index (χ0n) is 13.7. The van der Waals surface area contributed by atoms with E-state index in [1.807, 2.05) is 17.5 Å². The van der Waals surface area contributed by atoms with E-state index in [2.05, 4.69) is 45.0 Å². The first-order valence-corrected chi connectivity index (χ1v) is 9.48. The lowest BCUT2D eigenvalue weighted by molar-refractivity contribution is 0.573.